The summed E-state index contributed by atoms with van der Waals surface area (Å²) in [5.74, 6) is 1.34. The molecule has 21 heavy (non-hydrogen) atoms. The van der Waals surface area contributed by atoms with Gasteiger partial charge in [0.15, 0.2) is 0 Å². The van der Waals surface area contributed by atoms with Crippen molar-refractivity contribution in [3.63, 3.8) is 0 Å². The van der Waals surface area contributed by atoms with E-state index in [0.717, 1.165) is 6.42 Å². The fourth-order valence-electron chi connectivity index (χ4n) is 3.86. The summed E-state index contributed by atoms with van der Waals surface area (Å²) >= 11 is 1.80. The Morgan fingerprint density at radius 3 is 2.71 bits per heavy atom. The molecule has 3 nitrogen and oxygen atoms in total. The molecule has 0 aromatic heterocycles. The Hall–Kier alpha value is -1.00. The second-order valence-electron chi connectivity index (χ2n) is 6.42. The van der Waals surface area contributed by atoms with Gasteiger partial charge in [0.25, 0.3) is 0 Å². The number of fused-ring (bicyclic) bond motifs is 2. The molecule has 0 aliphatic heterocycles. The monoisotopic (exact) mass is 304 g/mol. The lowest BCUT2D eigenvalue weighted by Crippen LogP contribution is -2.46. The van der Waals surface area contributed by atoms with Crippen LogP contribution in [0.1, 0.15) is 26.2 Å². The first-order valence-electron chi connectivity index (χ1n) is 7.90. The molecule has 5 atom stereocenters. The fourth-order valence-corrected chi connectivity index (χ4v) is 4.81. The van der Waals surface area contributed by atoms with E-state index in [4.69, 9.17) is 5.73 Å². The molecule has 3 rings (SSSR count). The van der Waals surface area contributed by atoms with Crippen molar-refractivity contribution in [3.8, 4) is 0 Å². The highest BCUT2D eigenvalue weighted by Gasteiger charge is 2.48. The van der Waals surface area contributed by atoms with Crippen LogP contribution in [0.25, 0.3) is 0 Å². The van der Waals surface area contributed by atoms with Gasteiger partial charge in [0.05, 0.1) is 5.92 Å². The summed E-state index contributed by atoms with van der Waals surface area (Å²) in [6.45, 7) is 2.86. The molecule has 114 valence electrons. The predicted octanol–water partition coefficient (Wildman–Crippen LogP) is 2.66. The molecular weight excluding hydrogens is 280 g/mol. The van der Waals surface area contributed by atoms with Crippen LogP contribution in [0, 0.1) is 17.8 Å². The van der Waals surface area contributed by atoms with Gasteiger partial charge >= 0.3 is 0 Å². The number of benzene rings is 1. The molecule has 4 heteroatoms. The molecule has 0 heterocycles. The van der Waals surface area contributed by atoms with Crippen LogP contribution in [0.2, 0.25) is 0 Å². The van der Waals surface area contributed by atoms with E-state index in [2.05, 4.69) is 24.4 Å². The lowest BCUT2D eigenvalue weighted by atomic mass is 9.84. The van der Waals surface area contributed by atoms with Crippen molar-refractivity contribution in [2.75, 3.05) is 6.54 Å². The molecule has 2 fully saturated rings. The van der Waals surface area contributed by atoms with Crippen molar-refractivity contribution >= 4 is 17.7 Å². The van der Waals surface area contributed by atoms with Crippen LogP contribution < -0.4 is 11.1 Å². The van der Waals surface area contributed by atoms with Gasteiger partial charge in [-0.15, -0.1) is 11.8 Å². The van der Waals surface area contributed by atoms with Gasteiger partial charge in [-0.3, -0.25) is 4.79 Å². The van der Waals surface area contributed by atoms with E-state index in [1.807, 2.05) is 18.2 Å². The van der Waals surface area contributed by atoms with Crippen LogP contribution in [0.5, 0.6) is 0 Å². The first kappa shape index (κ1) is 14.9. The van der Waals surface area contributed by atoms with Crippen LogP contribution in [0.4, 0.5) is 0 Å². The van der Waals surface area contributed by atoms with E-state index in [9.17, 15) is 4.79 Å². The molecular formula is C17H24N2OS. The average Bonchev–Trinajstić information content (AvgIpc) is 3.07. The number of amides is 1. The Morgan fingerprint density at radius 2 is 2.05 bits per heavy atom. The minimum Gasteiger partial charge on any atom is -0.355 e. The Bertz CT molecular complexity index is 491. The highest BCUT2D eigenvalue weighted by molar-refractivity contribution is 8.00. The minimum atomic E-state index is 0.0534. The third-order valence-corrected chi connectivity index (χ3v) is 6.04. The lowest BCUT2D eigenvalue weighted by Gasteiger charge is -2.27. The third-order valence-electron chi connectivity index (χ3n) is 4.93. The van der Waals surface area contributed by atoms with Crippen LogP contribution in [-0.2, 0) is 4.79 Å². The Morgan fingerprint density at radius 1 is 1.33 bits per heavy atom. The molecule has 3 N–H and O–H groups in total. The zero-order valence-corrected chi connectivity index (χ0v) is 13.3. The van der Waals surface area contributed by atoms with E-state index >= 15 is 0 Å². The van der Waals surface area contributed by atoms with E-state index in [1.54, 1.807) is 11.8 Å². The number of nitrogens with two attached hydrogens (primary N) is 1. The molecule has 1 amide bonds. The summed E-state index contributed by atoms with van der Waals surface area (Å²) in [6.07, 6.45) is 3.56. The minimum absolute atomic E-state index is 0.0534. The molecule has 0 saturated heterocycles. The zero-order valence-electron chi connectivity index (χ0n) is 12.5. The Labute approximate surface area is 131 Å². The SMILES string of the molecule is CC(CNC(=O)C1C2CCC(C2)C1N)Sc1ccccc1. The standard InChI is InChI=1S/C17H24N2OS/c1-11(21-14-5-3-2-4-6-14)10-19-17(20)15-12-7-8-13(9-12)16(15)18/h2-6,11-13,15-16H,7-10,18H2,1H3,(H,19,20). The first-order valence-corrected chi connectivity index (χ1v) is 8.78. The molecule has 2 bridgehead atoms. The second kappa shape index (κ2) is 6.41. The van der Waals surface area contributed by atoms with Gasteiger partial charge in [-0.1, -0.05) is 25.1 Å². The summed E-state index contributed by atoms with van der Waals surface area (Å²) < 4.78 is 0. The number of thioether (sulfide) groups is 1. The van der Waals surface area contributed by atoms with Crippen LogP contribution in [-0.4, -0.2) is 23.7 Å². The smallest absolute Gasteiger partial charge is 0.225 e. The molecule has 5 unspecified atom stereocenters. The van der Waals surface area contributed by atoms with Crippen LogP contribution in [0.3, 0.4) is 0 Å². The van der Waals surface area contributed by atoms with E-state index in [0.29, 0.717) is 23.6 Å². The van der Waals surface area contributed by atoms with E-state index < -0.39 is 0 Å². The zero-order chi connectivity index (χ0) is 14.8. The van der Waals surface area contributed by atoms with Crippen molar-refractivity contribution in [1.29, 1.82) is 0 Å². The van der Waals surface area contributed by atoms with Gasteiger partial charge < -0.3 is 11.1 Å². The molecule has 2 aliphatic carbocycles. The number of nitrogens with one attached hydrogen (secondary N) is 1. The van der Waals surface area contributed by atoms with Gasteiger partial charge in [-0.25, -0.2) is 0 Å². The molecule has 2 saturated carbocycles. The maximum absolute atomic E-state index is 12.4. The topological polar surface area (TPSA) is 55.1 Å². The van der Waals surface area contributed by atoms with E-state index in [-0.39, 0.29) is 17.9 Å². The first-order chi connectivity index (χ1) is 10.1. The van der Waals surface area contributed by atoms with Crippen LogP contribution >= 0.6 is 11.8 Å². The van der Waals surface area contributed by atoms with Crippen molar-refractivity contribution in [2.45, 2.75) is 42.4 Å². The number of rotatable bonds is 5. The van der Waals surface area contributed by atoms with Crippen molar-refractivity contribution in [2.24, 2.45) is 23.5 Å². The van der Waals surface area contributed by atoms with Crippen molar-refractivity contribution in [1.82, 2.24) is 5.32 Å². The maximum atomic E-state index is 12.4. The molecule has 1 aromatic carbocycles. The van der Waals surface area contributed by atoms with Crippen LogP contribution in [0.15, 0.2) is 35.2 Å². The predicted molar refractivity (Wildman–Crippen MR) is 87.1 cm³/mol. The summed E-state index contributed by atoms with van der Waals surface area (Å²) in [5, 5.41) is 3.49. The highest BCUT2D eigenvalue weighted by Crippen LogP contribution is 2.47. The largest absolute Gasteiger partial charge is 0.355 e. The Kier molecular flexibility index (Phi) is 4.55. The van der Waals surface area contributed by atoms with Gasteiger partial charge in [-0.2, -0.15) is 0 Å². The second-order valence-corrected chi connectivity index (χ2v) is 7.93. The van der Waals surface area contributed by atoms with Gasteiger partial charge in [-0.05, 0) is 43.2 Å². The number of carbonyl (C=O) groups is 1. The average molecular weight is 304 g/mol. The summed E-state index contributed by atoms with van der Waals surface area (Å²) in [4.78, 5) is 13.6. The van der Waals surface area contributed by atoms with Gasteiger partial charge in [0.1, 0.15) is 0 Å². The fraction of sp³-hybridized carbons (Fsp3) is 0.588. The molecule has 0 spiro atoms. The van der Waals surface area contributed by atoms with Gasteiger partial charge in [0, 0.05) is 22.7 Å². The maximum Gasteiger partial charge on any atom is 0.225 e. The molecule has 2 aliphatic rings. The number of hydrogen-bond acceptors (Lipinski definition) is 3. The van der Waals surface area contributed by atoms with Crippen molar-refractivity contribution < 1.29 is 4.79 Å². The highest BCUT2D eigenvalue weighted by atomic mass is 32.2. The molecule has 0 radical (unpaired) electrons. The third kappa shape index (κ3) is 3.27. The Balaban J connectivity index is 1.47. The number of carbonyl (C=O) groups excluding carboxylic acids is 1. The summed E-state index contributed by atoms with van der Waals surface area (Å²) in [6, 6.07) is 10.4. The summed E-state index contributed by atoms with van der Waals surface area (Å²) in [7, 11) is 0. The van der Waals surface area contributed by atoms with E-state index in [1.165, 1.54) is 17.7 Å². The summed E-state index contributed by atoms with van der Waals surface area (Å²) in [5.41, 5.74) is 6.23. The van der Waals surface area contributed by atoms with Crippen molar-refractivity contribution in [3.05, 3.63) is 30.3 Å². The normalized spacial score (nSPS) is 32.1. The molecule has 1 aromatic rings. The number of hydrogen-bond donors (Lipinski definition) is 2. The van der Waals surface area contributed by atoms with Gasteiger partial charge in [0.2, 0.25) is 5.91 Å². The quantitative estimate of drug-likeness (QED) is 0.822. The lowest BCUT2D eigenvalue weighted by molar-refractivity contribution is -0.127.